The maximum absolute atomic E-state index is 14.4. The van der Waals surface area contributed by atoms with Gasteiger partial charge in [0.15, 0.2) is 0 Å². The van der Waals surface area contributed by atoms with Gasteiger partial charge in [0.05, 0.1) is 46.9 Å². The number of rotatable bonds is 8. The first-order valence-electron chi connectivity index (χ1n) is 15.0. The Bertz CT molecular complexity index is 1760. The van der Waals surface area contributed by atoms with Gasteiger partial charge in [-0.15, -0.1) is 17.9 Å². The van der Waals surface area contributed by atoms with Gasteiger partial charge in [0.25, 0.3) is 0 Å². The van der Waals surface area contributed by atoms with Crippen molar-refractivity contribution in [2.45, 2.75) is 31.7 Å². The SMILES string of the molecule is C=CCN1CC(=O)N2[C@@H](Cc3ccc4c(c3)NCN4)C(=O)N(Cc3cccc4scnc34)C[C@@H]2N1C(=O)NCc1ccccc1. The predicted molar refractivity (Wildman–Crippen MR) is 174 cm³/mol. The number of para-hydroxylation sites is 1. The molecule has 11 nitrogen and oxygen atoms in total. The highest BCUT2D eigenvalue weighted by molar-refractivity contribution is 7.16. The maximum Gasteiger partial charge on any atom is 0.334 e. The number of carbonyl (C=O) groups excluding carboxylic acids is 3. The Hall–Kier alpha value is -4.94. The lowest BCUT2D eigenvalue weighted by Gasteiger charge is -2.55. The van der Waals surface area contributed by atoms with Crippen molar-refractivity contribution in [2.75, 3.05) is 36.9 Å². The van der Waals surface area contributed by atoms with E-state index < -0.39 is 12.2 Å². The lowest BCUT2D eigenvalue weighted by molar-refractivity contribution is -0.189. The summed E-state index contributed by atoms with van der Waals surface area (Å²) in [5, 5.41) is 12.9. The molecule has 2 atom stereocenters. The Labute approximate surface area is 265 Å². The molecule has 0 bridgehead atoms. The number of nitrogens with one attached hydrogen (secondary N) is 3. The molecule has 0 spiro atoms. The molecular weight excluding hydrogens is 588 g/mol. The van der Waals surface area contributed by atoms with Crippen molar-refractivity contribution >= 4 is 50.8 Å². The summed E-state index contributed by atoms with van der Waals surface area (Å²) < 4.78 is 1.04. The van der Waals surface area contributed by atoms with E-state index in [4.69, 9.17) is 0 Å². The predicted octanol–water partition coefficient (Wildman–Crippen LogP) is 3.83. The van der Waals surface area contributed by atoms with Crippen LogP contribution < -0.4 is 16.0 Å². The first-order valence-corrected chi connectivity index (χ1v) is 15.9. The molecule has 0 saturated carbocycles. The quantitative estimate of drug-likeness (QED) is 0.256. The van der Waals surface area contributed by atoms with E-state index in [1.807, 2.05) is 66.7 Å². The lowest BCUT2D eigenvalue weighted by Crippen LogP contribution is -2.76. The second kappa shape index (κ2) is 12.2. The van der Waals surface area contributed by atoms with E-state index in [0.29, 0.717) is 32.7 Å². The minimum Gasteiger partial charge on any atom is -0.366 e. The number of fused-ring (bicyclic) bond motifs is 3. The van der Waals surface area contributed by atoms with Crippen LogP contribution in [0.15, 0.2) is 84.9 Å². The normalized spacial score (nSPS) is 19.6. The number of urea groups is 1. The van der Waals surface area contributed by atoms with Gasteiger partial charge in [-0.25, -0.2) is 19.8 Å². The van der Waals surface area contributed by atoms with Gasteiger partial charge < -0.3 is 25.8 Å². The standard InChI is InChI=1S/C33H34N8O3S/c1-2-13-39-19-30(42)40-27(15-23-11-12-25-26(14-23)36-20-35-25)32(43)38(17-24-9-6-10-28-31(24)37-21-45-28)18-29(40)41(39)33(44)34-16-22-7-4-3-5-8-22/h2-12,14,21,27,29,35-36H,1,13,15-20H2,(H,34,44)/t27-,29-/m0/s1. The number of anilines is 2. The molecular formula is C33H34N8O3S. The summed E-state index contributed by atoms with van der Waals surface area (Å²) in [6.45, 7) is 5.56. The van der Waals surface area contributed by atoms with E-state index >= 15 is 0 Å². The van der Waals surface area contributed by atoms with Crippen molar-refractivity contribution in [2.24, 2.45) is 0 Å². The van der Waals surface area contributed by atoms with Crippen LogP contribution in [-0.4, -0.2) is 81.2 Å². The number of nitrogens with zero attached hydrogens (tertiary/aromatic N) is 5. The van der Waals surface area contributed by atoms with E-state index in [-0.39, 0.29) is 30.9 Å². The Kier molecular flexibility index (Phi) is 7.82. The molecule has 3 N–H and O–H groups in total. The number of aromatic nitrogens is 1. The van der Waals surface area contributed by atoms with Crippen LogP contribution in [0.4, 0.5) is 16.2 Å². The molecule has 3 aromatic carbocycles. The second-order valence-corrected chi connectivity index (χ2v) is 12.3. The van der Waals surface area contributed by atoms with Crippen LogP contribution in [0.2, 0.25) is 0 Å². The van der Waals surface area contributed by atoms with Gasteiger partial charge in [-0.1, -0.05) is 54.6 Å². The summed E-state index contributed by atoms with van der Waals surface area (Å²) in [5.41, 5.74) is 7.43. The number of piperazine rings is 1. The fraction of sp³-hybridized carbons (Fsp3) is 0.273. The van der Waals surface area contributed by atoms with Crippen LogP contribution in [-0.2, 0) is 29.1 Å². The van der Waals surface area contributed by atoms with Crippen molar-refractivity contribution < 1.29 is 14.4 Å². The number of amides is 4. The number of benzene rings is 3. The van der Waals surface area contributed by atoms with Crippen LogP contribution in [0, 0.1) is 0 Å². The zero-order valence-corrected chi connectivity index (χ0v) is 25.5. The summed E-state index contributed by atoms with van der Waals surface area (Å²) in [5.74, 6) is -0.352. The van der Waals surface area contributed by atoms with Crippen molar-refractivity contribution in [3.63, 3.8) is 0 Å². The Morgan fingerprint density at radius 3 is 2.73 bits per heavy atom. The summed E-state index contributed by atoms with van der Waals surface area (Å²) in [7, 11) is 0. The second-order valence-electron chi connectivity index (χ2n) is 11.4. The van der Waals surface area contributed by atoms with Crippen LogP contribution in [0.3, 0.4) is 0 Å². The van der Waals surface area contributed by atoms with E-state index in [2.05, 4.69) is 27.5 Å². The molecule has 2 fully saturated rings. The highest BCUT2D eigenvalue weighted by atomic mass is 32.1. The Morgan fingerprint density at radius 2 is 1.89 bits per heavy atom. The van der Waals surface area contributed by atoms with E-state index in [9.17, 15) is 14.4 Å². The molecule has 230 valence electrons. The first kappa shape index (κ1) is 28.8. The van der Waals surface area contributed by atoms with Crippen LogP contribution >= 0.6 is 11.3 Å². The number of thiazole rings is 1. The smallest absolute Gasteiger partial charge is 0.334 e. The highest BCUT2D eigenvalue weighted by Gasteiger charge is 2.51. The third-order valence-electron chi connectivity index (χ3n) is 8.54. The first-order chi connectivity index (χ1) is 22.0. The van der Waals surface area contributed by atoms with Crippen LogP contribution in [0.5, 0.6) is 0 Å². The average molecular weight is 623 g/mol. The summed E-state index contributed by atoms with van der Waals surface area (Å²) >= 11 is 1.55. The fourth-order valence-electron chi connectivity index (χ4n) is 6.45. The van der Waals surface area contributed by atoms with Crippen molar-refractivity contribution in [1.29, 1.82) is 0 Å². The van der Waals surface area contributed by atoms with Gasteiger partial charge in [-0.3, -0.25) is 9.59 Å². The topological polar surface area (TPSA) is 113 Å². The van der Waals surface area contributed by atoms with Crippen molar-refractivity contribution in [3.8, 4) is 0 Å². The summed E-state index contributed by atoms with van der Waals surface area (Å²) in [6.07, 6.45) is 1.28. The molecule has 0 aliphatic carbocycles. The van der Waals surface area contributed by atoms with Crippen molar-refractivity contribution in [3.05, 3.63) is 102 Å². The lowest BCUT2D eigenvalue weighted by atomic mass is 9.97. The van der Waals surface area contributed by atoms with Gasteiger partial charge in [-0.05, 0) is 34.9 Å². The molecule has 4 aromatic rings. The molecule has 4 heterocycles. The molecule has 3 aliphatic heterocycles. The van der Waals surface area contributed by atoms with Crippen molar-refractivity contribution in [1.82, 2.24) is 30.1 Å². The molecule has 7 rings (SSSR count). The number of hydrogen-bond acceptors (Lipinski definition) is 8. The maximum atomic E-state index is 14.4. The minimum atomic E-state index is -0.798. The van der Waals surface area contributed by atoms with Gasteiger partial charge >= 0.3 is 6.03 Å². The molecule has 4 amide bonds. The number of hydrazine groups is 1. The third-order valence-corrected chi connectivity index (χ3v) is 9.33. The van der Waals surface area contributed by atoms with Gasteiger partial charge in [0.2, 0.25) is 11.8 Å². The molecule has 45 heavy (non-hydrogen) atoms. The van der Waals surface area contributed by atoms with Gasteiger partial charge in [0, 0.05) is 26.1 Å². The molecule has 1 aromatic heterocycles. The zero-order valence-electron chi connectivity index (χ0n) is 24.7. The fourth-order valence-corrected chi connectivity index (χ4v) is 7.18. The molecule has 3 aliphatic rings. The monoisotopic (exact) mass is 622 g/mol. The number of carbonyl (C=O) groups is 3. The molecule has 0 unspecified atom stereocenters. The Morgan fingerprint density at radius 1 is 1.04 bits per heavy atom. The average Bonchev–Trinajstić information content (AvgIpc) is 3.73. The number of hydrogen-bond donors (Lipinski definition) is 3. The minimum absolute atomic E-state index is 0.0428. The largest absolute Gasteiger partial charge is 0.366 e. The third kappa shape index (κ3) is 5.58. The van der Waals surface area contributed by atoms with Crippen LogP contribution in [0.25, 0.3) is 10.2 Å². The van der Waals surface area contributed by atoms with E-state index in [1.54, 1.807) is 42.7 Å². The molecule has 0 radical (unpaired) electrons. The van der Waals surface area contributed by atoms with Gasteiger partial charge in [-0.2, -0.15) is 0 Å². The summed E-state index contributed by atoms with van der Waals surface area (Å²) in [4.78, 5) is 50.2. The van der Waals surface area contributed by atoms with E-state index in [0.717, 1.165) is 38.3 Å². The van der Waals surface area contributed by atoms with E-state index in [1.165, 1.54) is 0 Å². The molecule has 12 heteroatoms. The van der Waals surface area contributed by atoms with Gasteiger partial charge in [0.1, 0.15) is 12.2 Å². The summed E-state index contributed by atoms with van der Waals surface area (Å²) in [6, 6.07) is 20.5. The highest BCUT2D eigenvalue weighted by Crippen LogP contribution is 2.33. The van der Waals surface area contributed by atoms with Crippen LogP contribution in [0.1, 0.15) is 16.7 Å². The Balaban J connectivity index is 1.24. The molecule has 2 saturated heterocycles. The zero-order chi connectivity index (χ0) is 30.9.